The zero-order valence-electron chi connectivity index (χ0n) is 16.7. The van der Waals surface area contributed by atoms with Gasteiger partial charge in [-0.15, -0.1) is 11.3 Å². The molecular weight excluding hydrogens is 418 g/mol. The van der Waals surface area contributed by atoms with E-state index in [9.17, 15) is 9.59 Å². The first-order valence-electron chi connectivity index (χ1n) is 9.95. The van der Waals surface area contributed by atoms with Crippen LogP contribution in [0.2, 0.25) is 5.02 Å². The molecule has 4 rings (SSSR count). The molecule has 1 N–H and O–H groups in total. The number of hydrogen-bond donors (Lipinski definition) is 1. The van der Waals surface area contributed by atoms with Gasteiger partial charge in [0.05, 0.1) is 5.56 Å². The number of likely N-dealkylation sites (tertiary alicyclic amines) is 1. The smallest absolute Gasteiger partial charge is 0.274 e. The van der Waals surface area contributed by atoms with E-state index in [-0.39, 0.29) is 17.5 Å². The second kappa shape index (κ2) is 8.98. The lowest BCUT2D eigenvalue weighted by molar-refractivity contribution is 0.0725. The molecule has 1 saturated heterocycles. The molecule has 30 heavy (non-hydrogen) atoms. The van der Waals surface area contributed by atoms with Gasteiger partial charge in [0.25, 0.3) is 11.8 Å². The largest absolute Gasteiger partial charge is 0.339 e. The number of thiophene rings is 1. The number of pyridine rings is 1. The summed E-state index contributed by atoms with van der Waals surface area (Å²) < 4.78 is 0. The number of halogens is 1. The van der Waals surface area contributed by atoms with E-state index < -0.39 is 0 Å². The van der Waals surface area contributed by atoms with Crippen molar-refractivity contribution in [2.45, 2.75) is 26.2 Å². The summed E-state index contributed by atoms with van der Waals surface area (Å²) >= 11 is 7.42. The predicted molar refractivity (Wildman–Crippen MR) is 121 cm³/mol. The van der Waals surface area contributed by atoms with E-state index in [0.717, 1.165) is 48.4 Å². The molecule has 2 amide bonds. The number of rotatable bonds is 4. The highest BCUT2D eigenvalue weighted by Gasteiger charge is 2.28. The molecule has 1 aliphatic heterocycles. The maximum atomic E-state index is 13.4. The zero-order chi connectivity index (χ0) is 21.1. The first-order valence-corrected chi connectivity index (χ1v) is 11.1. The van der Waals surface area contributed by atoms with Crippen molar-refractivity contribution in [3.05, 3.63) is 70.5 Å². The van der Waals surface area contributed by atoms with Crippen LogP contribution >= 0.6 is 22.9 Å². The molecule has 3 heterocycles. The van der Waals surface area contributed by atoms with Gasteiger partial charge in [-0.25, -0.2) is 0 Å². The van der Waals surface area contributed by atoms with E-state index in [2.05, 4.69) is 10.3 Å². The summed E-state index contributed by atoms with van der Waals surface area (Å²) in [6, 6.07) is 13.0. The van der Waals surface area contributed by atoms with Crippen LogP contribution in [0.4, 0.5) is 5.00 Å². The van der Waals surface area contributed by atoms with E-state index >= 15 is 0 Å². The number of aromatic nitrogens is 1. The van der Waals surface area contributed by atoms with Gasteiger partial charge in [-0.05, 0) is 49.4 Å². The lowest BCUT2D eigenvalue weighted by Gasteiger charge is -2.27. The van der Waals surface area contributed by atoms with E-state index in [0.29, 0.717) is 15.6 Å². The Morgan fingerprint density at radius 1 is 1.10 bits per heavy atom. The molecule has 5 nitrogen and oxygen atoms in total. The Hall–Kier alpha value is -2.70. The Labute approximate surface area is 184 Å². The average molecular weight is 440 g/mol. The number of anilines is 1. The van der Waals surface area contributed by atoms with Crippen molar-refractivity contribution in [1.29, 1.82) is 0 Å². The van der Waals surface area contributed by atoms with Crippen molar-refractivity contribution in [1.82, 2.24) is 9.88 Å². The van der Waals surface area contributed by atoms with E-state index in [1.54, 1.807) is 6.07 Å². The summed E-state index contributed by atoms with van der Waals surface area (Å²) in [5.74, 6) is -0.411. The van der Waals surface area contributed by atoms with Gasteiger partial charge in [0.1, 0.15) is 10.7 Å². The van der Waals surface area contributed by atoms with Crippen molar-refractivity contribution in [3.63, 3.8) is 0 Å². The number of piperidine rings is 1. The number of amides is 2. The molecule has 1 aliphatic rings. The molecule has 0 bridgehead atoms. The average Bonchev–Trinajstić information content (AvgIpc) is 3.10. The summed E-state index contributed by atoms with van der Waals surface area (Å²) in [5, 5.41) is 3.90. The molecule has 0 aliphatic carbocycles. The van der Waals surface area contributed by atoms with Crippen molar-refractivity contribution < 1.29 is 9.59 Å². The highest BCUT2D eigenvalue weighted by atomic mass is 35.5. The second-order valence-corrected chi connectivity index (χ2v) is 8.75. The number of carbonyl (C=O) groups excluding carboxylic acids is 2. The van der Waals surface area contributed by atoms with E-state index in [1.165, 1.54) is 23.6 Å². The molecule has 0 unspecified atom stereocenters. The lowest BCUT2D eigenvalue weighted by Crippen LogP contribution is -2.36. The fourth-order valence-electron chi connectivity index (χ4n) is 3.68. The Kier molecular flexibility index (Phi) is 6.16. The van der Waals surface area contributed by atoms with Crippen LogP contribution in [0.3, 0.4) is 0 Å². The van der Waals surface area contributed by atoms with Crippen LogP contribution in [0, 0.1) is 6.92 Å². The highest BCUT2D eigenvalue weighted by molar-refractivity contribution is 7.20. The molecule has 3 aromatic rings. The molecule has 1 aromatic carbocycles. The van der Waals surface area contributed by atoms with Crippen molar-refractivity contribution in [2.24, 2.45) is 0 Å². The fourth-order valence-corrected chi connectivity index (χ4v) is 5.03. The molecule has 0 spiro atoms. The Morgan fingerprint density at radius 2 is 1.83 bits per heavy atom. The summed E-state index contributed by atoms with van der Waals surface area (Å²) in [6.07, 6.45) is 4.65. The third-order valence-electron chi connectivity index (χ3n) is 5.22. The van der Waals surface area contributed by atoms with Gasteiger partial charge in [0.15, 0.2) is 0 Å². The standard InChI is InChI=1S/C23H22ClN3O2S/c1-15-19(23(29)27-12-6-3-7-13-27)22(30-20(15)16-8-4-2-5-9-16)26-21(28)18-14-17(24)10-11-25-18/h2,4-5,8-11,14H,3,6-7,12-13H2,1H3,(H,26,28). The van der Waals surface area contributed by atoms with Gasteiger partial charge in [-0.1, -0.05) is 41.9 Å². The summed E-state index contributed by atoms with van der Waals surface area (Å²) in [4.78, 5) is 33.2. The van der Waals surface area contributed by atoms with Gasteiger partial charge in [0, 0.05) is 29.2 Å². The van der Waals surface area contributed by atoms with E-state index in [1.807, 2.05) is 42.2 Å². The minimum absolute atomic E-state index is 0.0278. The van der Waals surface area contributed by atoms with Crippen molar-refractivity contribution in [3.8, 4) is 10.4 Å². The summed E-state index contributed by atoms with van der Waals surface area (Å²) in [5.41, 5.74) is 2.69. The molecule has 2 aromatic heterocycles. The third-order valence-corrected chi connectivity index (χ3v) is 6.71. The number of hydrogen-bond acceptors (Lipinski definition) is 4. The van der Waals surface area contributed by atoms with E-state index in [4.69, 9.17) is 11.6 Å². The SMILES string of the molecule is Cc1c(-c2ccccc2)sc(NC(=O)c2cc(Cl)ccn2)c1C(=O)N1CCCCC1. The van der Waals surface area contributed by atoms with Crippen LogP contribution in [0.25, 0.3) is 10.4 Å². The fraction of sp³-hybridized carbons (Fsp3) is 0.261. The normalized spacial score (nSPS) is 13.9. The summed E-state index contributed by atoms with van der Waals surface area (Å²) in [6.45, 7) is 3.44. The van der Waals surface area contributed by atoms with Gasteiger partial charge < -0.3 is 10.2 Å². The Morgan fingerprint density at radius 3 is 2.53 bits per heavy atom. The van der Waals surface area contributed by atoms with Crippen LogP contribution in [0.5, 0.6) is 0 Å². The number of nitrogens with one attached hydrogen (secondary N) is 1. The summed E-state index contributed by atoms with van der Waals surface area (Å²) in [7, 11) is 0. The van der Waals surface area contributed by atoms with Crippen LogP contribution in [0.15, 0.2) is 48.7 Å². The van der Waals surface area contributed by atoms with Crippen LogP contribution in [0.1, 0.15) is 45.7 Å². The lowest BCUT2D eigenvalue weighted by atomic mass is 10.0. The first kappa shape index (κ1) is 20.6. The van der Waals surface area contributed by atoms with Gasteiger partial charge in [-0.2, -0.15) is 0 Å². The van der Waals surface area contributed by atoms with Crippen LogP contribution in [-0.4, -0.2) is 34.8 Å². The first-order chi connectivity index (χ1) is 14.5. The molecule has 0 atom stereocenters. The van der Waals surface area contributed by atoms with Crippen molar-refractivity contribution >= 4 is 39.8 Å². The molecule has 0 saturated carbocycles. The quantitative estimate of drug-likeness (QED) is 0.571. The molecule has 154 valence electrons. The number of benzene rings is 1. The maximum Gasteiger partial charge on any atom is 0.274 e. The Bertz CT molecular complexity index is 1080. The maximum absolute atomic E-state index is 13.4. The number of nitrogens with zero attached hydrogens (tertiary/aromatic N) is 2. The molecule has 1 fully saturated rings. The monoisotopic (exact) mass is 439 g/mol. The van der Waals surface area contributed by atoms with Gasteiger partial charge in [0.2, 0.25) is 0 Å². The molecular formula is C23H22ClN3O2S. The molecule has 0 radical (unpaired) electrons. The second-order valence-electron chi connectivity index (χ2n) is 7.29. The number of carbonyl (C=O) groups is 2. The third kappa shape index (κ3) is 4.25. The predicted octanol–water partition coefficient (Wildman–Crippen LogP) is 5.65. The minimum atomic E-state index is -0.383. The molecule has 7 heteroatoms. The van der Waals surface area contributed by atoms with Gasteiger partial charge >= 0.3 is 0 Å². The van der Waals surface area contributed by atoms with Crippen LogP contribution in [-0.2, 0) is 0 Å². The highest BCUT2D eigenvalue weighted by Crippen LogP contribution is 2.41. The zero-order valence-corrected chi connectivity index (χ0v) is 18.2. The Balaban J connectivity index is 1.73. The van der Waals surface area contributed by atoms with Crippen LogP contribution < -0.4 is 5.32 Å². The minimum Gasteiger partial charge on any atom is -0.339 e. The van der Waals surface area contributed by atoms with Gasteiger partial charge in [-0.3, -0.25) is 14.6 Å². The van der Waals surface area contributed by atoms with Crippen molar-refractivity contribution in [2.75, 3.05) is 18.4 Å². The topological polar surface area (TPSA) is 62.3 Å².